The fourth-order valence-electron chi connectivity index (χ4n) is 5.11. The molecule has 5 heteroatoms. The van der Waals surface area contributed by atoms with E-state index in [2.05, 4.69) is 73.0 Å². The molecule has 0 N–H and O–H groups in total. The van der Waals surface area contributed by atoms with Gasteiger partial charge in [0.05, 0.1) is 28.0 Å². The van der Waals surface area contributed by atoms with Crippen molar-refractivity contribution >= 4 is 33.1 Å². The van der Waals surface area contributed by atoms with Crippen LogP contribution in [0.5, 0.6) is 0 Å². The summed E-state index contributed by atoms with van der Waals surface area (Å²) < 4.78 is 8.70. The number of hydrogen-bond donors (Lipinski definition) is 0. The van der Waals surface area contributed by atoms with Crippen LogP contribution in [0.15, 0.2) is 108 Å². The Kier molecular flexibility index (Phi) is 4.89. The molecule has 3 aromatic carbocycles. The lowest BCUT2D eigenvalue weighted by Crippen LogP contribution is -2.02. The van der Waals surface area contributed by atoms with E-state index in [9.17, 15) is 0 Å². The molecule has 4 heterocycles. The Morgan fingerprint density at radius 3 is 2.30 bits per heavy atom. The number of aromatic nitrogens is 4. The summed E-state index contributed by atoms with van der Waals surface area (Å²) in [5.41, 5.74) is 8.26. The quantitative estimate of drug-likeness (QED) is 0.255. The van der Waals surface area contributed by atoms with Gasteiger partial charge in [-0.3, -0.25) is 9.55 Å². The number of hydrogen-bond acceptors (Lipinski definition) is 4. The van der Waals surface area contributed by atoms with E-state index in [-0.39, 0.29) is 5.92 Å². The smallest absolute Gasteiger partial charge is 0.227 e. The van der Waals surface area contributed by atoms with Crippen LogP contribution in [0.25, 0.3) is 61.4 Å². The second-order valence-corrected chi connectivity index (χ2v) is 9.52. The molecule has 4 aromatic heterocycles. The fraction of sp³-hybridized carbons (Fsp3) is 0.0938. The van der Waals surface area contributed by atoms with Gasteiger partial charge in [-0.2, -0.15) is 0 Å². The summed E-state index contributed by atoms with van der Waals surface area (Å²) in [7, 11) is 0. The Bertz CT molecular complexity index is 1900. The second-order valence-electron chi connectivity index (χ2n) is 9.52. The maximum absolute atomic E-state index is 6.48. The van der Waals surface area contributed by atoms with Gasteiger partial charge in [-0.25, -0.2) is 9.97 Å². The van der Waals surface area contributed by atoms with Crippen LogP contribution in [0, 0.1) is 0 Å². The minimum absolute atomic E-state index is 0.248. The fourth-order valence-corrected chi connectivity index (χ4v) is 5.11. The summed E-state index contributed by atoms with van der Waals surface area (Å²) in [6.45, 7) is 4.33. The van der Waals surface area contributed by atoms with Crippen LogP contribution in [0.1, 0.15) is 25.5 Å². The zero-order chi connectivity index (χ0) is 24.9. The molecule has 178 valence electrons. The third kappa shape index (κ3) is 3.43. The van der Waals surface area contributed by atoms with Crippen LogP contribution in [-0.4, -0.2) is 19.5 Å². The van der Waals surface area contributed by atoms with E-state index in [0.29, 0.717) is 5.71 Å². The third-order valence-corrected chi connectivity index (χ3v) is 6.83. The van der Waals surface area contributed by atoms with E-state index in [1.54, 1.807) is 0 Å². The van der Waals surface area contributed by atoms with Crippen molar-refractivity contribution in [3.05, 3.63) is 109 Å². The van der Waals surface area contributed by atoms with Crippen molar-refractivity contribution in [2.75, 3.05) is 0 Å². The van der Waals surface area contributed by atoms with Crippen molar-refractivity contribution in [2.45, 2.75) is 19.8 Å². The molecular formula is C32H24N4O. The minimum atomic E-state index is 0.248. The van der Waals surface area contributed by atoms with Gasteiger partial charge in [0.1, 0.15) is 11.4 Å². The van der Waals surface area contributed by atoms with Crippen LogP contribution < -0.4 is 0 Å². The van der Waals surface area contributed by atoms with Crippen molar-refractivity contribution in [3.8, 4) is 28.3 Å². The molecule has 0 saturated heterocycles. The van der Waals surface area contributed by atoms with Crippen molar-refractivity contribution in [2.24, 2.45) is 0 Å². The predicted octanol–water partition coefficient (Wildman–Crippen LogP) is 8.17. The highest BCUT2D eigenvalue weighted by atomic mass is 16.3. The Balaban J connectivity index is 1.52. The van der Waals surface area contributed by atoms with Gasteiger partial charge in [0.15, 0.2) is 0 Å². The van der Waals surface area contributed by atoms with E-state index < -0.39 is 0 Å². The molecule has 0 radical (unpaired) electrons. The number of furan rings is 1. The second kappa shape index (κ2) is 8.42. The molecular weight excluding hydrogens is 456 g/mol. The summed E-state index contributed by atoms with van der Waals surface area (Å²) in [4.78, 5) is 14.7. The molecule has 0 saturated carbocycles. The van der Waals surface area contributed by atoms with Crippen molar-refractivity contribution in [1.82, 2.24) is 19.5 Å². The molecule has 0 amide bonds. The van der Waals surface area contributed by atoms with Crippen LogP contribution in [0.2, 0.25) is 0 Å². The molecule has 0 aliphatic heterocycles. The summed E-state index contributed by atoms with van der Waals surface area (Å²) >= 11 is 0. The lowest BCUT2D eigenvalue weighted by molar-refractivity contribution is 0.655. The van der Waals surface area contributed by atoms with Crippen LogP contribution in [0.4, 0.5) is 0 Å². The van der Waals surface area contributed by atoms with Gasteiger partial charge in [-0.1, -0.05) is 74.5 Å². The summed E-state index contributed by atoms with van der Waals surface area (Å²) in [6.07, 6.45) is 1.85. The number of fused-ring (bicyclic) bond motifs is 4. The Labute approximate surface area is 214 Å². The largest absolute Gasteiger partial charge is 0.437 e. The van der Waals surface area contributed by atoms with Gasteiger partial charge in [0.25, 0.3) is 0 Å². The summed E-state index contributed by atoms with van der Waals surface area (Å²) in [5.74, 6) is 1.07. The number of benzene rings is 3. The highest BCUT2D eigenvalue weighted by Crippen LogP contribution is 2.39. The zero-order valence-corrected chi connectivity index (χ0v) is 20.6. The van der Waals surface area contributed by atoms with Gasteiger partial charge in [-0.05, 0) is 42.3 Å². The van der Waals surface area contributed by atoms with Crippen molar-refractivity contribution in [3.63, 3.8) is 0 Å². The molecule has 7 rings (SSSR count). The van der Waals surface area contributed by atoms with Gasteiger partial charge in [-0.15, -0.1) is 0 Å². The standard InChI is InChI=1S/C32H24N4O/c1-20(2)28-29-27(18-19-33-28)34-31(36(29)22-12-7-4-8-13-22)25-15-9-14-23-24-16-17-26(21-10-5-3-6-11-21)35-32(24)37-30(23)25/h3-20H,1-2H3. The number of para-hydroxylation sites is 2. The first-order valence-corrected chi connectivity index (χ1v) is 12.5. The minimum Gasteiger partial charge on any atom is -0.437 e. The first-order chi connectivity index (χ1) is 18.2. The number of nitrogens with zero attached hydrogens (tertiary/aromatic N) is 4. The molecule has 7 aromatic rings. The molecule has 0 aliphatic carbocycles. The van der Waals surface area contributed by atoms with Gasteiger partial charge >= 0.3 is 0 Å². The average Bonchev–Trinajstić information content (AvgIpc) is 3.52. The first kappa shape index (κ1) is 21.5. The van der Waals surface area contributed by atoms with E-state index in [4.69, 9.17) is 19.4 Å². The summed E-state index contributed by atoms with van der Waals surface area (Å²) in [5, 5.41) is 2.01. The Morgan fingerprint density at radius 2 is 1.51 bits per heavy atom. The monoisotopic (exact) mass is 480 g/mol. The molecule has 0 atom stereocenters. The predicted molar refractivity (Wildman–Crippen MR) is 149 cm³/mol. The normalized spacial score (nSPS) is 11.8. The number of imidazole rings is 1. The van der Waals surface area contributed by atoms with Crippen LogP contribution in [-0.2, 0) is 0 Å². The molecule has 0 spiro atoms. The molecule has 0 unspecified atom stereocenters. The molecule has 0 bridgehead atoms. The molecule has 5 nitrogen and oxygen atoms in total. The molecule has 37 heavy (non-hydrogen) atoms. The SMILES string of the molecule is CC(C)c1nccc2nc(-c3cccc4c3oc3nc(-c5ccccc5)ccc34)n(-c3ccccc3)c12. The molecule has 0 fully saturated rings. The van der Waals surface area contributed by atoms with Crippen molar-refractivity contribution in [1.29, 1.82) is 0 Å². The topological polar surface area (TPSA) is 56.7 Å². The van der Waals surface area contributed by atoms with Crippen molar-refractivity contribution < 1.29 is 4.42 Å². The van der Waals surface area contributed by atoms with Gasteiger partial charge in [0, 0.05) is 28.2 Å². The Hall–Kier alpha value is -4.77. The van der Waals surface area contributed by atoms with Crippen LogP contribution >= 0.6 is 0 Å². The maximum Gasteiger partial charge on any atom is 0.227 e. The third-order valence-electron chi connectivity index (χ3n) is 6.83. The average molecular weight is 481 g/mol. The number of pyridine rings is 2. The van der Waals surface area contributed by atoms with Crippen LogP contribution in [0.3, 0.4) is 0 Å². The summed E-state index contributed by atoms with van der Waals surface area (Å²) in [6, 6.07) is 32.9. The van der Waals surface area contributed by atoms with E-state index in [0.717, 1.165) is 61.4 Å². The molecule has 0 aliphatic rings. The Morgan fingerprint density at radius 1 is 0.730 bits per heavy atom. The van der Waals surface area contributed by atoms with E-state index in [1.807, 2.05) is 48.7 Å². The lowest BCUT2D eigenvalue weighted by Gasteiger charge is -2.13. The number of rotatable bonds is 4. The van der Waals surface area contributed by atoms with Gasteiger partial charge < -0.3 is 4.42 Å². The van der Waals surface area contributed by atoms with E-state index in [1.165, 1.54) is 0 Å². The first-order valence-electron chi connectivity index (χ1n) is 12.5. The highest BCUT2D eigenvalue weighted by molar-refractivity contribution is 6.09. The maximum atomic E-state index is 6.48. The highest BCUT2D eigenvalue weighted by Gasteiger charge is 2.22. The lowest BCUT2D eigenvalue weighted by atomic mass is 10.1. The van der Waals surface area contributed by atoms with E-state index >= 15 is 0 Å². The zero-order valence-electron chi connectivity index (χ0n) is 20.6. The van der Waals surface area contributed by atoms with Gasteiger partial charge in [0.2, 0.25) is 5.71 Å².